The zero-order valence-electron chi connectivity index (χ0n) is 19.1. The van der Waals surface area contributed by atoms with Gasteiger partial charge in [-0.1, -0.05) is 117 Å². The van der Waals surface area contributed by atoms with E-state index in [2.05, 4.69) is 18.0 Å². The Hall–Kier alpha value is 1.51. The molecule has 0 spiro atoms. The molecule has 1 atom stereocenters. The molecule has 0 bridgehead atoms. The zero-order chi connectivity index (χ0) is 20.2. The second-order valence-corrected chi connectivity index (χ2v) is 9.14. The fourth-order valence-electron chi connectivity index (χ4n) is 3.62. The third kappa shape index (κ3) is 25.5. The van der Waals surface area contributed by atoms with Gasteiger partial charge in [0.15, 0.2) is 0 Å². The standard InChI is InChI=1S/C22H46O4S.K/c1-3-5-7-9-10-11-12-13-14-15-16-18-20-22(19-17-8-6-4-2)21-26-27(23,24)25;/h22H,3-21H2,1-2H3,(H,23,24,25);/q;+1/p-1. The molecule has 0 fully saturated rings. The fourth-order valence-corrected chi connectivity index (χ4v) is 3.98. The van der Waals surface area contributed by atoms with Gasteiger partial charge in [0.05, 0.1) is 6.61 Å². The van der Waals surface area contributed by atoms with E-state index in [0.29, 0.717) is 0 Å². The van der Waals surface area contributed by atoms with E-state index in [1.807, 2.05) is 0 Å². The molecule has 0 aliphatic rings. The normalized spacial score (nSPS) is 12.7. The zero-order valence-corrected chi connectivity index (χ0v) is 23.0. The van der Waals surface area contributed by atoms with Crippen LogP contribution in [0.25, 0.3) is 0 Å². The molecule has 0 N–H and O–H groups in total. The largest absolute Gasteiger partial charge is 1.00 e. The van der Waals surface area contributed by atoms with Gasteiger partial charge in [0.25, 0.3) is 0 Å². The number of unbranched alkanes of at least 4 members (excludes halogenated alkanes) is 14. The summed E-state index contributed by atoms with van der Waals surface area (Å²) in [6, 6.07) is 0. The molecule has 1 unspecified atom stereocenters. The Bertz CT molecular complexity index is 401. The van der Waals surface area contributed by atoms with Crippen LogP contribution in [0.3, 0.4) is 0 Å². The van der Waals surface area contributed by atoms with E-state index in [9.17, 15) is 13.0 Å². The van der Waals surface area contributed by atoms with Crippen molar-refractivity contribution in [1.82, 2.24) is 0 Å². The van der Waals surface area contributed by atoms with Crippen LogP contribution in [-0.2, 0) is 14.6 Å². The summed E-state index contributed by atoms with van der Waals surface area (Å²) >= 11 is 0. The summed E-state index contributed by atoms with van der Waals surface area (Å²) in [5.74, 6) is 0.203. The molecule has 6 heteroatoms. The minimum absolute atomic E-state index is 0. The molecule has 0 radical (unpaired) electrons. The minimum Gasteiger partial charge on any atom is -0.726 e. The molecule has 4 nitrogen and oxygen atoms in total. The van der Waals surface area contributed by atoms with Gasteiger partial charge in [-0.15, -0.1) is 0 Å². The van der Waals surface area contributed by atoms with E-state index in [0.717, 1.165) is 25.7 Å². The van der Waals surface area contributed by atoms with Crippen LogP contribution < -0.4 is 51.4 Å². The van der Waals surface area contributed by atoms with Gasteiger partial charge in [-0.05, 0) is 18.8 Å². The Balaban J connectivity index is 0. The van der Waals surface area contributed by atoms with Crippen molar-refractivity contribution in [3.63, 3.8) is 0 Å². The van der Waals surface area contributed by atoms with Crippen molar-refractivity contribution in [2.24, 2.45) is 5.92 Å². The first-order chi connectivity index (χ1) is 13.0. The molecular formula is C22H45KO4S. The monoisotopic (exact) mass is 444 g/mol. The van der Waals surface area contributed by atoms with Gasteiger partial charge >= 0.3 is 51.4 Å². The van der Waals surface area contributed by atoms with Crippen molar-refractivity contribution >= 4 is 10.4 Å². The molecule has 0 aromatic heterocycles. The van der Waals surface area contributed by atoms with Gasteiger partial charge in [0, 0.05) is 0 Å². The van der Waals surface area contributed by atoms with Gasteiger partial charge in [-0.25, -0.2) is 8.42 Å². The number of hydrogen-bond donors (Lipinski definition) is 0. The Morgan fingerprint density at radius 2 is 0.964 bits per heavy atom. The Kier molecular flexibility index (Phi) is 26.2. The molecule has 0 aliphatic carbocycles. The van der Waals surface area contributed by atoms with Crippen LogP contribution in [0, 0.1) is 5.92 Å². The van der Waals surface area contributed by atoms with Gasteiger partial charge in [-0.2, -0.15) is 0 Å². The van der Waals surface area contributed by atoms with E-state index in [1.165, 1.54) is 89.9 Å². The maximum absolute atomic E-state index is 10.7. The Morgan fingerprint density at radius 1 is 0.643 bits per heavy atom. The van der Waals surface area contributed by atoms with Gasteiger partial charge in [0.2, 0.25) is 10.4 Å². The van der Waals surface area contributed by atoms with Crippen LogP contribution in [0.4, 0.5) is 0 Å². The molecular weight excluding hydrogens is 399 g/mol. The second kappa shape index (κ2) is 23.2. The van der Waals surface area contributed by atoms with Crippen molar-refractivity contribution < 1.29 is 68.5 Å². The van der Waals surface area contributed by atoms with E-state index in [1.54, 1.807) is 0 Å². The van der Waals surface area contributed by atoms with Gasteiger partial charge in [-0.3, -0.25) is 4.18 Å². The van der Waals surface area contributed by atoms with Gasteiger partial charge in [0.1, 0.15) is 0 Å². The molecule has 0 rings (SSSR count). The van der Waals surface area contributed by atoms with Crippen molar-refractivity contribution in [1.29, 1.82) is 0 Å². The van der Waals surface area contributed by atoms with E-state index >= 15 is 0 Å². The van der Waals surface area contributed by atoms with Crippen molar-refractivity contribution in [3.8, 4) is 0 Å². The first-order valence-electron chi connectivity index (χ1n) is 11.6. The first-order valence-corrected chi connectivity index (χ1v) is 12.9. The molecule has 0 saturated heterocycles. The average molecular weight is 445 g/mol. The molecule has 0 aromatic carbocycles. The Morgan fingerprint density at radius 3 is 1.32 bits per heavy atom. The van der Waals surface area contributed by atoms with Crippen molar-refractivity contribution in [2.45, 2.75) is 129 Å². The Labute approximate surface area is 218 Å². The van der Waals surface area contributed by atoms with Crippen molar-refractivity contribution in [2.75, 3.05) is 6.61 Å². The molecule has 0 heterocycles. The van der Waals surface area contributed by atoms with Crippen LogP contribution in [0.1, 0.15) is 129 Å². The van der Waals surface area contributed by atoms with Crippen LogP contribution >= 0.6 is 0 Å². The third-order valence-electron chi connectivity index (χ3n) is 5.38. The van der Waals surface area contributed by atoms with Crippen LogP contribution in [0.2, 0.25) is 0 Å². The molecule has 0 amide bonds. The fraction of sp³-hybridized carbons (Fsp3) is 1.00. The maximum Gasteiger partial charge on any atom is 1.00 e. The average Bonchev–Trinajstić information content (AvgIpc) is 2.62. The predicted molar refractivity (Wildman–Crippen MR) is 114 cm³/mol. The first kappa shape index (κ1) is 31.7. The second-order valence-electron chi connectivity index (χ2n) is 8.09. The molecule has 0 aromatic rings. The summed E-state index contributed by atoms with van der Waals surface area (Å²) in [7, 11) is -4.56. The topological polar surface area (TPSA) is 66.4 Å². The molecule has 0 saturated carbocycles. The molecule has 28 heavy (non-hydrogen) atoms. The maximum atomic E-state index is 10.7. The van der Waals surface area contributed by atoms with E-state index < -0.39 is 10.4 Å². The summed E-state index contributed by atoms with van der Waals surface area (Å²) in [6.45, 7) is 4.50. The summed E-state index contributed by atoms with van der Waals surface area (Å²) < 4.78 is 36.7. The smallest absolute Gasteiger partial charge is 0.726 e. The van der Waals surface area contributed by atoms with Crippen molar-refractivity contribution in [3.05, 3.63) is 0 Å². The van der Waals surface area contributed by atoms with Gasteiger partial charge < -0.3 is 4.55 Å². The van der Waals surface area contributed by atoms with Crippen LogP contribution in [-0.4, -0.2) is 19.6 Å². The molecule has 0 aliphatic heterocycles. The number of rotatable bonds is 21. The van der Waals surface area contributed by atoms with Crippen LogP contribution in [0.5, 0.6) is 0 Å². The number of hydrogen-bond acceptors (Lipinski definition) is 4. The van der Waals surface area contributed by atoms with Crippen LogP contribution in [0.15, 0.2) is 0 Å². The summed E-state index contributed by atoms with van der Waals surface area (Å²) in [5.41, 5.74) is 0. The predicted octanol–water partition coefficient (Wildman–Crippen LogP) is 4.15. The quantitative estimate of drug-likeness (QED) is 0.115. The minimum atomic E-state index is -4.56. The van der Waals surface area contributed by atoms with E-state index in [-0.39, 0.29) is 63.9 Å². The van der Waals surface area contributed by atoms with E-state index in [4.69, 9.17) is 0 Å². The SMILES string of the molecule is CCCCCCCCCCCCCCC(CCCCCC)COS(=O)(=O)[O-].[K+]. The summed E-state index contributed by atoms with van der Waals surface area (Å²) in [4.78, 5) is 0. The summed E-state index contributed by atoms with van der Waals surface area (Å²) in [6.07, 6.45) is 22.5. The third-order valence-corrected chi connectivity index (χ3v) is 5.80. The summed E-state index contributed by atoms with van der Waals surface area (Å²) in [5, 5.41) is 0. The molecule has 164 valence electrons.